The van der Waals surface area contributed by atoms with Crippen molar-refractivity contribution in [2.24, 2.45) is 17.4 Å². The highest BCUT2D eigenvalue weighted by molar-refractivity contribution is 7.80. The largest absolute Gasteiger partial charge is 0.376 e. The third-order valence-electron chi connectivity index (χ3n) is 1.37. The van der Waals surface area contributed by atoms with Crippen LogP contribution in [0.15, 0.2) is 0 Å². The Hall–Kier alpha value is -0.840. The highest BCUT2D eigenvalue weighted by atomic mass is 32.1. The van der Waals surface area contributed by atoms with E-state index in [1.807, 2.05) is 13.8 Å². The van der Waals surface area contributed by atoms with Gasteiger partial charge in [-0.15, -0.1) is 0 Å². The van der Waals surface area contributed by atoms with Crippen molar-refractivity contribution in [3.63, 3.8) is 0 Å². The molecule has 0 aromatic rings. The molecule has 0 heterocycles. The Kier molecular flexibility index (Phi) is 4.58. The predicted octanol–water partition coefficient (Wildman–Crippen LogP) is -0.280. The smallest absolute Gasteiger partial charge is 0.239 e. The van der Waals surface area contributed by atoms with Crippen LogP contribution in [0.25, 0.3) is 0 Å². The summed E-state index contributed by atoms with van der Waals surface area (Å²) in [5.74, 6) is -0.0409. The number of primary amides is 1. The zero-order valence-corrected chi connectivity index (χ0v) is 8.15. The van der Waals surface area contributed by atoms with Crippen LogP contribution in [-0.4, -0.2) is 17.1 Å². The molecule has 5 heteroatoms. The Morgan fingerprint density at radius 1 is 1.50 bits per heavy atom. The van der Waals surface area contributed by atoms with Gasteiger partial charge in [-0.3, -0.25) is 4.79 Å². The van der Waals surface area contributed by atoms with Crippen LogP contribution in [0, 0.1) is 5.92 Å². The maximum Gasteiger partial charge on any atom is 0.239 e. The second-order valence-electron chi connectivity index (χ2n) is 3.09. The first-order valence-electron chi connectivity index (χ1n) is 3.78. The van der Waals surface area contributed by atoms with E-state index in [4.69, 9.17) is 11.5 Å². The summed E-state index contributed by atoms with van der Waals surface area (Å²) in [6.45, 7) is 3.99. The van der Waals surface area contributed by atoms with Crippen molar-refractivity contribution in [3.05, 3.63) is 0 Å². The molecule has 4 nitrogen and oxygen atoms in total. The molecule has 1 amide bonds. The van der Waals surface area contributed by atoms with E-state index in [9.17, 15) is 4.79 Å². The van der Waals surface area contributed by atoms with Gasteiger partial charge in [0, 0.05) is 0 Å². The minimum absolute atomic E-state index is 0.111. The summed E-state index contributed by atoms with van der Waals surface area (Å²) < 4.78 is 0. The van der Waals surface area contributed by atoms with Gasteiger partial charge in [-0.1, -0.05) is 13.8 Å². The molecule has 0 aliphatic rings. The van der Waals surface area contributed by atoms with E-state index in [0.29, 0.717) is 12.3 Å². The monoisotopic (exact) mass is 189 g/mol. The quantitative estimate of drug-likeness (QED) is 0.531. The van der Waals surface area contributed by atoms with Crippen molar-refractivity contribution >= 4 is 23.2 Å². The van der Waals surface area contributed by atoms with Crippen molar-refractivity contribution in [2.75, 3.05) is 0 Å². The van der Waals surface area contributed by atoms with E-state index in [2.05, 4.69) is 17.5 Å². The molecular weight excluding hydrogens is 174 g/mol. The molecule has 0 bridgehead atoms. The Morgan fingerprint density at radius 3 is 2.25 bits per heavy atom. The Balaban J connectivity index is 4.04. The van der Waals surface area contributed by atoms with E-state index in [-0.39, 0.29) is 5.11 Å². The number of hydrogen-bond donors (Lipinski definition) is 3. The fourth-order valence-corrected chi connectivity index (χ4v) is 1.03. The lowest BCUT2D eigenvalue weighted by Crippen LogP contribution is -2.47. The molecule has 1 unspecified atom stereocenters. The molecule has 12 heavy (non-hydrogen) atoms. The zero-order valence-electron chi connectivity index (χ0n) is 7.33. The van der Waals surface area contributed by atoms with Crippen molar-refractivity contribution < 1.29 is 4.79 Å². The van der Waals surface area contributed by atoms with Crippen LogP contribution >= 0.6 is 12.2 Å². The van der Waals surface area contributed by atoms with E-state index in [1.165, 1.54) is 0 Å². The SMILES string of the molecule is CC(C)CC(NC(N)=S)C(N)=O. The van der Waals surface area contributed by atoms with Gasteiger partial charge >= 0.3 is 0 Å². The molecule has 0 spiro atoms. The summed E-state index contributed by atoms with van der Waals surface area (Å²) in [6.07, 6.45) is 0.646. The first-order valence-corrected chi connectivity index (χ1v) is 4.19. The van der Waals surface area contributed by atoms with Gasteiger partial charge in [0.1, 0.15) is 6.04 Å². The minimum Gasteiger partial charge on any atom is -0.376 e. The van der Waals surface area contributed by atoms with Gasteiger partial charge < -0.3 is 16.8 Å². The van der Waals surface area contributed by atoms with Crippen LogP contribution in [0.2, 0.25) is 0 Å². The number of nitrogens with one attached hydrogen (secondary N) is 1. The summed E-state index contributed by atoms with van der Waals surface area (Å²) in [6, 6.07) is -0.442. The van der Waals surface area contributed by atoms with Crippen LogP contribution < -0.4 is 16.8 Å². The molecule has 70 valence electrons. The predicted molar refractivity (Wildman–Crippen MR) is 52.4 cm³/mol. The molecule has 0 aliphatic heterocycles. The van der Waals surface area contributed by atoms with Crippen molar-refractivity contribution in [1.82, 2.24) is 5.32 Å². The number of carbonyl (C=O) groups excluding carboxylic acids is 1. The van der Waals surface area contributed by atoms with Gasteiger partial charge in [-0.05, 0) is 24.6 Å². The third kappa shape index (κ3) is 4.90. The average Bonchev–Trinajstić information content (AvgIpc) is 1.83. The molecule has 0 radical (unpaired) electrons. The summed E-state index contributed by atoms with van der Waals surface area (Å²) >= 11 is 4.60. The minimum atomic E-state index is -0.442. The number of carbonyl (C=O) groups is 1. The first-order chi connectivity index (χ1) is 5.43. The fraction of sp³-hybridized carbons (Fsp3) is 0.714. The van der Waals surface area contributed by atoms with Gasteiger partial charge in [0.15, 0.2) is 5.11 Å². The Labute approximate surface area is 77.7 Å². The highest BCUT2D eigenvalue weighted by Crippen LogP contribution is 2.03. The normalized spacial score (nSPS) is 12.6. The van der Waals surface area contributed by atoms with Gasteiger partial charge in [0.25, 0.3) is 0 Å². The van der Waals surface area contributed by atoms with Crippen LogP contribution in [-0.2, 0) is 4.79 Å². The molecule has 0 aliphatic carbocycles. The molecule has 5 N–H and O–H groups in total. The molecule has 1 atom stereocenters. The highest BCUT2D eigenvalue weighted by Gasteiger charge is 2.16. The lowest BCUT2D eigenvalue weighted by molar-refractivity contribution is -0.120. The number of nitrogens with two attached hydrogens (primary N) is 2. The van der Waals surface area contributed by atoms with Gasteiger partial charge in [0.2, 0.25) is 5.91 Å². The van der Waals surface area contributed by atoms with Gasteiger partial charge in [0.05, 0.1) is 0 Å². The molecule has 0 rings (SSSR count). The maximum atomic E-state index is 10.8. The maximum absolute atomic E-state index is 10.8. The molecule has 0 saturated heterocycles. The zero-order chi connectivity index (χ0) is 9.72. The lowest BCUT2D eigenvalue weighted by Gasteiger charge is -2.16. The summed E-state index contributed by atoms with van der Waals surface area (Å²) in [4.78, 5) is 10.8. The van der Waals surface area contributed by atoms with Crippen LogP contribution in [0.4, 0.5) is 0 Å². The van der Waals surface area contributed by atoms with Crippen molar-refractivity contribution in [1.29, 1.82) is 0 Å². The number of thiocarbonyl (C=S) groups is 1. The molecule has 0 aromatic carbocycles. The molecule has 0 fully saturated rings. The number of hydrogen-bond acceptors (Lipinski definition) is 2. The van der Waals surface area contributed by atoms with E-state index in [1.54, 1.807) is 0 Å². The standard InChI is InChI=1S/C7H15N3OS/c1-4(2)3-5(6(8)11)10-7(9)12/h4-5H,3H2,1-2H3,(H2,8,11)(H3,9,10,12). The summed E-state index contributed by atoms with van der Waals surface area (Å²) in [7, 11) is 0. The summed E-state index contributed by atoms with van der Waals surface area (Å²) in [5, 5.41) is 2.76. The number of amides is 1. The van der Waals surface area contributed by atoms with E-state index < -0.39 is 11.9 Å². The van der Waals surface area contributed by atoms with Gasteiger partial charge in [-0.25, -0.2) is 0 Å². The second-order valence-corrected chi connectivity index (χ2v) is 3.53. The molecule has 0 aromatic heterocycles. The lowest BCUT2D eigenvalue weighted by atomic mass is 10.0. The average molecular weight is 189 g/mol. The molecular formula is C7H15N3OS. The first kappa shape index (κ1) is 11.2. The van der Waals surface area contributed by atoms with Crippen molar-refractivity contribution in [3.8, 4) is 0 Å². The van der Waals surface area contributed by atoms with Crippen molar-refractivity contribution in [2.45, 2.75) is 26.3 Å². The Bertz CT molecular complexity index is 181. The summed E-state index contributed by atoms with van der Waals surface area (Å²) in [5.41, 5.74) is 10.3. The van der Waals surface area contributed by atoms with Crippen LogP contribution in [0.5, 0.6) is 0 Å². The van der Waals surface area contributed by atoms with Crippen LogP contribution in [0.1, 0.15) is 20.3 Å². The third-order valence-corrected chi connectivity index (χ3v) is 1.48. The van der Waals surface area contributed by atoms with E-state index in [0.717, 1.165) is 0 Å². The fourth-order valence-electron chi connectivity index (χ4n) is 0.889. The molecule has 0 saturated carbocycles. The number of rotatable bonds is 4. The van der Waals surface area contributed by atoms with E-state index >= 15 is 0 Å². The Morgan fingerprint density at radius 2 is 2.00 bits per heavy atom. The van der Waals surface area contributed by atoms with Crippen LogP contribution in [0.3, 0.4) is 0 Å². The topological polar surface area (TPSA) is 81.1 Å². The van der Waals surface area contributed by atoms with Gasteiger partial charge in [-0.2, -0.15) is 0 Å². The second kappa shape index (κ2) is 4.92.